The van der Waals surface area contributed by atoms with Crippen LogP contribution in [-0.4, -0.2) is 54.7 Å². The second kappa shape index (κ2) is 4.55. The lowest BCUT2D eigenvalue weighted by Crippen LogP contribution is -2.37. The van der Waals surface area contributed by atoms with Crippen LogP contribution < -0.4 is 0 Å². The summed E-state index contributed by atoms with van der Waals surface area (Å²) in [6.07, 6.45) is 1.32. The van der Waals surface area contributed by atoms with E-state index in [-0.39, 0.29) is 17.7 Å². The number of amides is 1. The lowest BCUT2D eigenvalue weighted by Gasteiger charge is -2.24. The van der Waals surface area contributed by atoms with Crippen LogP contribution in [0.2, 0.25) is 0 Å². The first-order chi connectivity index (χ1) is 6.52. The maximum Gasteiger partial charge on any atom is 0.290 e. The van der Waals surface area contributed by atoms with E-state index in [2.05, 4.69) is 4.90 Å². The first-order valence-corrected chi connectivity index (χ1v) is 5.01. The fourth-order valence-corrected chi connectivity index (χ4v) is 1.61. The van der Waals surface area contributed by atoms with E-state index < -0.39 is 0 Å². The molecular formula is C10H18N2O2. The molecule has 0 radical (unpaired) electrons. The minimum absolute atomic E-state index is 0.177. The molecular weight excluding hydrogens is 180 g/mol. The Hall–Kier alpha value is -0.900. The van der Waals surface area contributed by atoms with Crippen molar-refractivity contribution in [1.82, 2.24) is 9.80 Å². The van der Waals surface area contributed by atoms with Crippen LogP contribution >= 0.6 is 0 Å². The zero-order chi connectivity index (χ0) is 10.7. The Balaban J connectivity index is 2.41. The molecule has 1 unspecified atom stereocenters. The van der Waals surface area contributed by atoms with Gasteiger partial charge in [0.1, 0.15) is 0 Å². The van der Waals surface area contributed by atoms with Crippen molar-refractivity contribution >= 4 is 11.7 Å². The summed E-state index contributed by atoms with van der Waals surface area (Å²) in [6, 6.07) is 0.177. The summed E-state index contributed by atoms with van der Waals surface area (Å²) < 4.78 is 0. The summed E-state index contributed by atoms with van der Waals surface area (Å²) in [6.45, 7) is 3.55. The van der Waals surface area contributed by atoms with Gasteiger partial charge in [0.2, 0.25) is 5.78 Å². The molecule has 1 aliphatic rings. The molecule has 0 N–H and O–H groups in total. The van der Waals surface area contributed by atoms with Gasteiger partial charge < -0.3 is 9.80 Å². The smallest absolute Gasteiger partial charge is 0.290 e. The molecule has 0 aromatic rings. The Morgan fingerprint density at radius 1 is 1.43 bits per heavy atom. The van der Waals surface area contributed by atoms with Gasteiger partial charge >= 0.3 is 0 Å². The Bertz CT molecular complexity index is 238. The lowest BCUT2D eigenvalue weighted by molar-refractivity contribution is -0.141. The van der Waals surface area contributed by atoms with Gasteiger partial charge in [0.25, 0.3) is 5.91 Å². The number of nitrogens with zero attached hydrogens (tertiary/aromatic N) is 2. The van der Waals surface area contributed by atoms with E-state index in [4.69, 9.17) is 0 Å². The van der Waals surface area contributed by atoms with E-state index in [9.17, 15) is 9.59 Å². The molecule has 0 bridgehead atoms. The molecule has 0 aromatic carbocycles. The summed E-state index contributed by atoms with van der Waals surface area (Å²) >= 11 is 0. The fourth-order valence-electron chi connectivity index (χ4n) is 1.61. The maximum atomic E-state index is 11.4. The number of hydrogen-bond donors (Lipinski definition) is 0. The number of ketones is 1. The molecule has 4 heteroatoms. The molecule has 4 nitrogen and oxygen atoms in total. The Morgan fingerprint density at radius 2 is 2.07 bits per heavy atom. The van der Waals surface area contributed by atoms with Gasteiger partial charge in [0.15, 0.2) is 0 Å². The quantitative estimate of drug-likeness (QED) is 0.603. The highest BCUT2D eigenvalue weighted by atomic mass is 16.2. The van der Waals surface area contributed by atoms with Crippen LogP contribution in [0.25, 0.3) is 0 Å². The van der Waals surface area contributed by atoms with Crippen LogP contribution in [0.5, 0.6) is 0 Å². The van der Waals surface area contributed by atoms with Crippen LogP contribution in [0.15, 0.2) is 0 Å². The van der Waals surface area contributed by atoms with Crippen molar-refractivity contribution in [1.29, 1.82) is 0 Å². The Labute approximate surface area is 84.9 Å². The molecule has 1 heterocycles. The predicted molar refractivity (Wildman–Crippen MR) is 54.0 cm³/mol. The molecule has 1 rings (SSSR count). The second-order valence-electron chi connectivity index (χ2n) is 4.11. The van der Waals surface area contributed by atoms with Gasteiger partial charge in [-0.1, -0.05) is 0 Å². The van der Waals surface area contributed by atoms with Crippen LogP contribution in [0.3, 0.4) is 0 Å². The van der Waals surface area contributed by atoms with Gasteiger partial charge in [-0.3, -0.25) is 9.59 Å². The molecule has 80 valence electrons. The first-order valence-electron chi connectivity index (χ1n) is 5.01. The van der Waals surface area contributed by atoms with Gasteiger partial charge in [-0.25, -0.2) is 0 Å². The number of likely N-dealkylation sites (tertiary alicyclic amines) is 1. The van der Waals surface area contributed by atoms with E-state index in [1.807, 2.05) is 21.0 Å². The number of carbonyl (C=O) groups is 2. The lowest BCUT2D eigenvalue weighted by atomic mass is 10.2. The highest BCUT2D eigenvalue weighted by molar-refractivity contribution is 6.37. The van der Waals surface area contributed by atoms with Crippen molar-refractivity contribution in [2.75, 3.05) is 27.2 Å². The second-order valence-corrected chi connectivity index (χ2v) is 4.11. The molecule has 0 aliphatic carbocycles. The first kappa shape index (κ1) is 11.2. The summed E-state index contributed by atoms with van der Waals surface area (Å²) in [5, 5.41) is 0. The van der Waals surface area contributed by atoms with Crippen molar-refractivity contribution in [2.24, 2.45) is 0 Å². The summed E-state index contributed by atoms with van der Waals surface area (Å²) in [7, 11) is 4.01. The molecule has 0 aromatic heterocycles. The minimum Gasteiger partial charge on any atom is -0.333 e. The standard InChI is InChI=1S/C10H18N2O2/c1-8(4-6-11(2)3)12-7-5-9(13)10(12)14/h8H,4-7H2,1-3H3. The average Bonchev–Trinajstić information content (AvgIpc) is 2.44. The fraction of sp³-hybridized carbons (Fsp3) is 0.800. The molecule has 14 heavy (non-hydrogen) atoms. The number of Topliss-reactive ketones (excluding diaryl/α,β-unsaturated/α-hetero) is 1. The third kappa shape index (κ3) is 2.54. The van der Waals surface area contributed by atoms with Crippen LogP contribution in [0, 0.1) is 0 Å². The van der Waals surface area contributed by atoms with Crippen molar-refractivity contribution in [2.45, 2.75) is 25.8 Å². The number of rotatable bonds is 4. The number of hydrogen-bond acceptors (Lipinski definition) is 3. The van der Waals surface area contributed by atoms with Crippen molar-refractivity contribution < 1.29 is 9.59 Å². The normalized spacial score (nSPS) is 19.6. The van der Waals surface area contributed by atoms with Gasteiger partial charge in [-0.2, -0.15) is 0 Å². The highest BCUT2D eigenvalue weighted by Gasteiger charge is 2.32. The molecule has 1 fully saturated rings. The molecule has 0 saturated carbocycles. The third-order valence-corrected chi connectivity index (χ3v) is 2.61. The zero-order valence-electron chi connectivity index (χ0n) is 9.12. The summed E-state index contributed by atoms with van der Waals surface area (Å²) in [4.78, 5) is 26.1. The Kier molecular flexibility index (Phi) is 3.63. The van der Waals surface area contributed by atoms with Crippen molar-refractivity contribution in [3.05, 3.63) is 0 Å². The van der Waals surface area contributed by atoms with Crippen LogP contribution in [0.1, 0.15) is 19.8 Å². The van der Waals surface area contributed by atoms with E-state index in [1.165, 1.54) is 0 Å². The van der Waals surface area contributed by atoms with Crippen LogP contribution in [-0.2, 0) is 9.59 Å². The minimum atomic E-state index is -0.295. The highest BCUT2D eigenvalue weighted by Crippen LogP contribution is 2.13. The average molecular weight is 198 g/mol. The van der Waals surface area contributed by atoms with E-state index in [1.54, 1.807) is 4.90 Å². The van der Waals surface area contributed by atoms with E-state index >= 15 is 0 Å². The molecule has 1 atom stereocenters. The van der Waals surface area contributed by atoms with Gasteiger partial charge in [0.05, 0.1) is 0 Å². The predicted octanol–water partition coefficient (Wildman–Crippen LogP) is 0.128. The van der Waals surface area contributed by atoms with Crippen molar-refractivity contribution in [3.63, 3.8) is 0 Å². The molecule has 1 amide bonds. The number of carbonyl (C=O) groups excluding carboxylic acids is 2. The van der Waals surface area contributed by atoms with E-state index in [0.717, 1.165) is 13.0 Å². The molecule has 1 aliphatic heterocycles. The van der Waals surface area contributed by atoms with Crippen LogP contribution in [0.4, 0.5) is 0 Å². The summed E-state index contributed by atoms with van der Waals surface area (Å²) in [5.41, 5.74) is 0. The molecule has 0 spiro atoms. The summed E-state index contributed by atoms with van der Waals surface area (Å²) in [5.74, 6) is -0.530. The topological polar surface area (TPSA) is 40.6 Å². The van der Waals surface area contributed by atoms with Gasteiger partial charge in [0, 0.05) is 19.0 Å². The Morgan fingerprint density at radius 3 is 2.50 bits per heavy atom. The van der Waals surface area contributed by atoms with Crippen molar-refractivity contribution in [3.8, 4) is 0 Å². The van der Waals surface area contributed by atoms with Gasteiger partial charge in [-0.15, -0.1) is 0 Å². The maximum absolute atomic E-state index is 11.4. The monoisotopic (exact) mass is 198 g/mol. The molecule has 1 saturated heterocycles. The third-order valence-electron chi connectivity index (χ3n) is 2.61. The van der Waals surface area contributed by atoms with Gasteiger partial charge in [-0.05, 0) is 34.0 Å². The van der Waals surface area contributed by atoms with E-state index in [0.29, 0.717) is 13.0 Å². The largest absolute Gasteiger partial charge is 0.333 e. The zero-order valence-corrected chi connectivity index (χ0v) is 9.12. The SMILES string of the molecule is CC(CCN(C)C)N1CCC(=O)C1=O.